The van der Waals surface area contributed by atoms with Crippen LogP contribution in [0.1, 0.15) is 44.7 Å². The Balaban J connectivity index is 1.94. The van der Waals surface area contributed by atoms with E-state index in [1.807, 2.05) is 6.92 Å². The van der Waals surface area contributed by atoms with Gasteiger partial charge in [-0.15, -0.1) is 0 Å². The first-order valence-electron chi connectivity index (χ1n) is 7.52. The summed E-state index contributed by atoms with van der Waals surface area (Å²) in [5, 5.41) is 12.5. The molecule has 118 valence electrons. The van der Waals surface area contributed by atoms with Gasteiger partial charge >= 0.3 is 0 Å². The number of carbonyl (C=O) groups is 1. The summed E-state index contributed by atoms with van der Waals surface area (Å²) in [7, 11) is 0. The largest absolute Gasteiger partial charge is 0.337 e. The maximum atomic E-state index is 12.0. The molecule has 22 heavy (non-hydrogen) atoms. The van der Waals surface area contributed by atoms with Crippen LogP contribution >= 0.6 is 11.8 Å². The van der Waals surface area contributed by atoms with Crippen LogP contribution in [0.3, 0.4) is 0 Å². The fourth-order valence-electron chi connectivity index (χ4n) is 2.62. The van der Waals surface area contributed by atoms with Crippen LogP contribution < -0.4 is 10.9 Å². The average Bonchev–Trinajstić information content (AvgIpc) is 2.94. The first-order chi connectivity index (χ1) is 10.6. The van der Waals surface area contributed by atoms with Crippen molar-refractivity contribution < 1.29 is 4.79 Å². The molecule has 0 radical (unpaired) electrons. The summed E-state index contributed by atoms with van der Waals surface area (Å²) in [5.74, 6) is -0.0564. The van der Waals surface area contributed by atoms with Gasteiger partial charge in [-0.2, -0.15) is 5.26 Å². The summed E-state index contributed by atoms with van der Waals surface area (Å²) in [6.45, 7) is 2.02. The molecule has 1 saturated carbocycles. The lowest BCUT2D eigenvalue weighted by Crippen LogP contribution is -2.45. The van der Waals surface area contributed by atoms with Gasteiger partial charge in [0.2, 0.25) is 5.91 Å². The number of hydrogen-bond acceptors (Lipinski definition) is 5. The number of nitriles is 1. The van der Waals surface area contributed by atoms with Gasteiger partial charge in [-0.05, 0) is 32.1 Å². The molecule has 2 rings (SSSR count). The Morgan fingerprint density at radius 1 is 1.55 bits per heavy atom. The first kappa shape index (κ1) is 16.6. The highest BCUT2D eigenvalue weighted by Crippen LogP contribution is 2.29. The van der Waals surface area contributed by atoms with Crippen molar-refractivity contribution in [3.8, 4) is 6.07 Å². The van der Waals surface area contributed by atoms with E-state index in [0.717, 1.165) is 31.4 Å². The zero-order valence-corrected chi connectivity index (χ0v) is 13.5. The molecule has 1 aromatic heterocycles. The molecule has 1 fully saturated rings. The van der Waals surface area contributed by atoms with Crippen LogP contribution in [0.4, 0.5) is 0 Å². The lowest BCUT2D eigenvalue weighted by Gasteiger charge is -2.21. The fourth-order valence-corrected chi connectivity index (χ4v) is 3.31. The quantitative estimate of drug-likeness (QED) is 0.615. The molecule has 0 bridgehead atoms. The van der Waals surface area contributed by atoms with Crippen molar-refractivity contribution in [1.82, 2.24) is 15.3 Å². The number of amides is 1. The Hall–Kier alpha value is -1.81. The summed E-state index contributed by atoms with van der Waals surface area (Å²) >= 11 is 1.19. The minimum absolute atomic E-state index is 0.141. The summed E-state index contributed by atoms with van der Waals surface area (Å²) in [4.78, 5) is 30.5. The topological polar surface area (TPSA) is 98.6 Å². The predicted molar refractivity (Wildman–Crippen MR) is 84.5 cm³/mol. The number of carbonyl (C=O) groups excluding carboxylic acids is 1. The number of nitrogens with one attached hydrogen (secondary N) is 2. The molecule has 0 saturated heterocycles. The third-order valence-corrected chi connectivity index (χ3v) is 4.54. The van der Waals surface area contributed by atoms with E-state index in [0.29, 0.717) is 18.0 Å². The average molecular weight is 320 g/mol. The minimum atomic E-state index is -0.706. The standard InChI is InChI=1S/C15H20N4O2S/c1-2-5-11-8-12(20)18-14(17-11)22-9-13(21)19-15(10-16)6-3-4-7-15/h8H,2-7,9H2,1H3,(H,19,21)(H,17,18,20). The molecule has 6 nitrogen and oxygen atoms in total. The Morgan fingerprint density at radius 3 is 2.91 bits per heavy atom. The van der Waals surface area contributed by atoms with E-state index in [1.165, 1.54) is 17.8 Å². The van der Waals surface area contributed by atoms with Crippen LogP contribution in [-0.4, -0.2) is 27.2 Å². The van der Waals surface area contributed by atoms with Gasteiger partial charge in [0.25, 0.3) is 5.56 Å². The maximum Gasteiger partial charge on any atom is 0.251 e. The zero-order valence-electron chi connectivity index (χ0n) is 12.6. The molecule has 0 spiro atoms. The van der Waals surface area contributed by atoms with Gasteiger partial charge in [-0.25, -0.2) is 4.98 Å². The number of H-pyrrole nitrogens is 1. The molecule has 2 N–H and O–H groups in total. The van der Waals surface area contributed by atoms with Crippen LogP contribution in [0.5, 0.6) is 0 Å². The van der Waals surface area contributed by atoms with E-state index in [9.17, 15) is 14.9 Å². The van der Waals surface area contributed by atoms with E-state index in [2.05, 4.69) is 21.4 Å². The van der Waals surface area contributed by atoms with Gasteiger partial charge in [0.1, 0.15) is 5.54 Å². The number of thioether (sulfide) groups is 1. The van der Waals surface area contributed by atoms with Crippen molar-refractivity contribution in [2.75, 3.05) is 5.75 Å². The van der Waals surface area contributed by atoms with Crippen LogP contribution in [-0.2, 0) is 11.2 Å². The van der Waals surface area contributed by atoms with Gasteiger partial charge in [0, 0.05) is 11.8 Å². The molecule has 0 unspecified atom stereocenters. The van der Waals surface area contributed by atoms with Gasteiger partial charge in [-0.1, -0.05) is 25.1 Å². The molecule has 0 aliphatic heterocycles. The molecule has 1 aliphatic carbocycles. The number of nitrogens with zero attached hydrogens (tertiary/aromatic N) is 2. The summed E-state index contributed by atoms with van der Waals surface area (Å²) in [5.41, 5.74) is -0.174. The van der Waals surface area contributed by atoms with E-state index in [-0.39, 0.29) is 17.2 Å². The lowest BCUT2D eigenvalue weighted by atomic mass is 10.0. The molecule has 1 aliphatic rings. The van der Waals surface area contributed by atoms with Crippen molar-refractivity contribution >= 4 is 17.7 Å². The molecule has 1 amide bonds. The molecular formula is C15H20N4O2S. The fraction of sp³-hybridized carbons (Fsp3) is 0.600. The van der Waals surface area contributed by atoms with E-state index in [1.54, 1.807) is 0 Å². The SMILES string of the molecule is CCCc1cc(=O)[nH]c(SCC(=O)NC2(C#N)CCCC2)n1. The van der Waals surface area contributed by atoms with Crippen LogP contribution in [0.25, 0.3) is 0 Å². The highest BCUT2D eigenvalue weighted by molar-refractivity contribution is 7.99. The minimum Gasteiger partial charge on any atom is -0.337 e. The van der Waals surface area contributed by atoms with Gasteiger partial charge in [-0.3, -0.25) is 9.59 Å². The van der Waals surface area contributed by atoms with Crippen LogP contribution in [0.2, 0.25) is 0 Å². The molecule has 0 atom stereocenters. The Morgan fingerprint density at radius 2 is 2.27 bits per heavy atom. The monoisotopic (exact) mass is 320 g/mol. The summed E-state index contributed by atoms with van der Waals surface area (Å²) in [6, 6.07) is 3.71. The van der Waals surface area contributed by atoms with E-state index >= 15 is 0 Å². The smallest absolute Gasteiger partial charge is 0.251 e. The van der Waals surface area contributed by atoms with Gasteiger partial charge in [0.15, 0.2) is 5.16 Å². The van der Waals surface area contributed by atoms with Gasteiger partial charge < -0.3 is 10.3 Å². The molecule has 7 heteroatoms. The number of aromatic nitrogens is 2. The van der Waals surface area contributed by atoms with E-state index in [4.69, 9.17) is 0 Å². The predicted octanol–water partition coefficient (Wildman–Crippen LogP) is 1.77. The van der Waals surface area contributed by atoms with Crippen molar-refractivity contribution in [3.63, 3.8) is 0 Å². The molecule has 1 aromatic rings. The Bertz CT molecular complexity index is 629. The second-order valence-corrected chi connectivity index (χ2v) is 6.49. The maximum absolute atomic E-state index is 12.0. The van der Waals surface area contributed by atoms with Crippen LogP contribution in [0, 0.1) is 11.3 Å². The molecular weight excluding hydrogens is 300 g/mol. The first-order valence-corrected chi connectivity index (χ1v) is 8.51. The molecule has 0 aromatic carbocycles. The third-order valence-electron chi connectivity index (χ3n) is 3.67. The van der Waals surface area contributed by atoms with Crippen molar-refractivity contribution in [1.29, 1.82) is 5.26 Å². The van der Waals surface area contributed by atoms with Gasteiger partial charge in [0.05, 0.1) is 11.8 Å². The number of aryl methyl sites for hydroxylation is 1. The lowest BCUT2D eigenvalue weighted by molar-refractivity contribution is -0.119. The summed E-state index contributed by atoms with van der Waals surface area (Å²) in [6.07, 6.45) is 5.00. The number of rotatable bonds is 6. The van der Waals surface area contributed by atoms with Crippen molar-refractivity contribution in [2.45, 2.75) is 56.1 Å². The second kappa shape index (κ2) is 7.45. The van der Waals surface area contributed by atoms with E-state index < -0.39 is 5.54 Å². The van der Waals surface area contributed by atoms with Crippen molar-refractivity contribution in [2.24, 2.45) is 0 Å². The Labute approximate surface area is 133 Å². The number of aromatic amines is 1. The zero-order chi connectivity index (χ0) is 16.0. The Kier molecular flexibility index (Phi) is 5.61. The number of hydrogen-bond donors (Lipinski definition) is 2. The highest BCUT2D eigenvalue weighted by atomic mass is 32.2. The second-order valence-electron chi connectivity index (χ2n) is 5.53. The van der Waals surface area contributed by atoms with Crippen molar-refractivity contribution in [3.05, 3.63) is 22.1 Å². The van der Waals surface area contributed by atoms with Crippen LogP contribution in [0.15, 0.2) is 16.0 Å². The summed E-state index contributed by atoms with van der Waals surface area (Å²) < 4.78 is 0. The highest BCUT2D eigenvalue weighted by Gasteiger charge is 2.35. The normalized spacial score (nSPS) is 16.2. The molecule has 1 heterocycles. The third kappa shape index (κ3) is 4.34.